The minimum atomic E-state index is -0.129. The molecule has 31 heavy (non-hydrogen) atoms. The van der Waals surface area contributed by atoms with E-state index < -0.39 is 0 Å². The van der Waals surface area contributed by atoms with Crippen molar-refractivity contribution in [2.24, 2.45) is 0 Å². The number of aromatic amines is 1. The number of nitrogens with zero attached hydrogens (tertiary/aromatic N) is 2. The van der Waals surface area contributed by atoms with E-state index in [2.05, 4.69) is 4.98 Å². The van der Waals surface area contributed by atoms with Crippen LogP contribution in [0.4, 0.5) is 0 Å². The summed E-state index contributed by atoms with van der Waals surface area (Å²) in [6, 6.07) is 24.2. The van der Waals surface area contributed by atoms with Crippen molar-refractivity contribution in [3.63, 3.8) is 0 Å². The van der Waals surface area contributed by atoms with Gasteiger partial charge in [0.25, 0.3) is 5.91 Å². The summed E-state index contributed by atoms with van der Waals surface area (Å²) in [6.07, 6.45) is 1.89. The van der Waals surface area contributed by atoms with Gasteiger partial charge in [-0.2, -0.15) is 0 Å². The number of para-hydroxylation sites is 2. The number of benzene rings is 3. The van der Waals surface area contributed by atoms with Gasteiger partial charge in [0.1, 0.15) is 5.82 Å². The number of nitrogens with one attached hydrogen (secondary N) is 1. The van der Waals surface area contributed by atoms with Crippen molar-refractivity contribution in [2.45, 2.75) is 18.8 Å². The third-order valence-electron chi connectivity index (χ3n) is 5.94. The maximum atomic E-state index is 13.4. The Hall–Kier alpha value is -3.73. The van der Waals surface area contributed by atoms with Gasteiger partial charge in [0.2, 0.25) is 0 Å². The zero-order chi connectivity index (χ0) is 21.2. The van der Waals surface area contributed by atoms with Gasteiger partial charge in [-0.3, -0.25) is 9.59 Å². The molecular weight excluding hydrogens is 386 g/mol. The van der Waals surface area contributed by atoms with E-state index >= 15 is 0 Å². The van der Waals surface area contributed by atoms with Crippen LogP contribution in [-0.4, -0.2) is 39.6 Å². The summed E-state index contributed by atoms with van der Waals surface area (Å²) in [4.78, 5) is 36.5. The van der Waals surface area contributed by atoms with Gasteiger partial charge in [0, 0.05) is 30.1 Å². The lowest BCUT2D eigenvalue weighted by Crippen LogP contribution is -2.40. The number of rotatable bonds is 4. The maximum absolute atomic E-state index is 13.4. The van der Waals surface area contributed by atoms with Gasteiger partial charge in [-0.15, -0.1) is 0 Å². The van der Waals surface area contributed by atoms with E-state index in [1.165, 1.54) is 0 Å². The lowest BCUT2D eigenvalue weighted by atomic mass is 9.94. The number of carbonyl (C=O) groups is 2. The molecule has 1 atom stereocenters. The molecule has 1 unspecified atom stereocenters. The van der Waals surface area contributed by atoms with Crippen molar-refractivity contribution in [3.05, 3.63) is 101 Å². The zero-order valence-electron chi connectivity index (χ0n) is 17.1. The lowest BCUT2D eigenvalue weighted by molar-refractivity contribution is 0.0701. The van der Waals surface area contributed by atoms with Gasteiger partial charge in [-0.05, 0) is 31.0 Å². The van der Waals surface area contributed by atoms with Crippen LogP contribution in [0.1, 0.15) is 50.9 Å². The fraction of sp³-hybridized carbons (Fsp3) is 0.192. The Kier molecular flexibility index (Phi) is 5.08. The Balaban J connectivity index is 1.41. The molecule has 1 aromatic heterocycles. The van der Waals surface area contributed by atoms with Gasteiger partial charge >= 0.3 is 0 Å². The highest BCUT2D eigenvalue weighted by Crippen LogP contribution is 2.28. The molecule has 4 aromatic rings. The van der Waals surface area contributed by atoms with Crippen LogP contribution in [0.15, 0.2) is 78.9 Å². The second-order valence-electron chi connectivity index (χ2n) is 7.97. The maximum Gasteiger partial charge on any atom is 0.254 e. The van der Waals surface area contributed by atoms with Crippen molar-refractivity contribution in [2.75, 3.05) is 13.1 Å². The molecule has 0 aliphatic carbocycles. The number of amides is 1. The van der Waals surface area contributed by atoms with Gasteiger partial charge in [0.15, 0.2) is 5.78 Å². The molecule has 1 amide bonds. The van der Waals surface area contributed by atoms with Crippen LogP contribution in [0.25, 0.3) is 11.0 Å². The molecule has 1 fully saturated rings. The summed E-state index contributed by atoms with van der Waals surface area (Å²) >= 11 is 0. The Morgan fingerprint density at radius 2 is 1.58 bits per heavy atom. The molecule has 1 N–H and O–H groups in total. The van der Waals surface area contributed by atoms with Crippen LogP contribution in [0.5, 0.6) is 0 Å². The monoisotopic (exact) mass is 409 g/mol. The average Bonchev–Trinajstić information content (AvgIpc) is 3.28. The molecule has 1 aliphatic rings. The van der Waals surface area contributed by atoms with Crippen molar-refractivity contribution >= 4 is 22.7 Å². The molecule has 5 rings (SSSR count). The van der Waals surface area contributed by atoms with E-state index in [0.29, 0.717) is 29.8 Å². The fourth-order valence-corrected chi connectivity index (χ4v) is 4.33. The summed E-state index contributed by atoms with van der Waals surface area (Å²) in [7, 11) is 0. The number of imidazole rings is 1. The predicted molar refractivity (Wildman–Crippen MR) is 120 cm³/mol. The standard InChI is InChI=1S/C26H23N3O2/c30-24(18-9-2-1-3-10-18)20-12-4-5-13-21(20)26(31)29-16-8-11-19(17-29)25-27-22-14-6-7-15-23(22)28-25/h1-7,9-10,12-15,19H,8,11,16-17H2,(H,27,28). The lowest BCUT2D eigenvalue weighted by Gasteiger charge is -2.32. The van der Waals surface area contributed by atoms with Gasteiger partial charge in [0.05, 0.1) is 16.6 Å². The third-order valence-corrected chi connectivity index (χ3v) is 5.94. The molecule has 0 bridgehead atoms. The highest BCUT2D eigenvalue weighted by atomic mass is 16.2. The number of carbonyl (C=O) groups excluding carboxylic acids is 2. The van der Waals surface area contributed by atoms with E-state index in [1.807, 2.05) is 53.4 Å². The summed E-state index contributed by atoms with van der Waals surface area (Å²) < 4.78 is 0. The third kappa shape index (κ3) is 3.75. The molecular formula is C26H23N3O2. The topological polar surface area (TPSA) is 66.1 Å². The summed E-state index contributed by atoms with van der Waals surface area (Å²) in [5.41, 5.74) is 3.45. The molecule has 5 nitrogen and oxygen atoms in total. The van der Waals surface area contributed by atoms with Crippen LogP contribution in [0, 0.1) is 0 Å². The number of aromatic nitrogens is 2. The molecule has 5 heteroatoms. The van der Waals surface area contributed by atoms with Crippen molar-refractivity contribution in [1.29, 1.82) is 0 Å². The largest absolute Gasteiger partial charge is 0.342 e. The highest BCUT2D eigenvalue weighted by Gasteiger charge is 2.29. The van der Waals surface area contributed by atoms with Crippen LogP contribution >= 0.6 is 0 Å². The van der Waals surface area contributed by atoms with Gasteiger partial charge in [-0.25, -0.2) is 4.98 Å². The number of ketones is 1. The Bertz CT molecular complexity index is 1210. The normalized spacial score (nSPS) is 16.4. The van der Waals surface area contributed by atoms with Gasteiger partial charge in [-0.1, -0.05) is 60.7 Å². The van der Waals surface area contributed by atoms with E-state index in [1.54, 1.807) is 30.3 Å². The first-order valence-corrected chi connectivity index (χ1v) is 10.6. The molecule has 3 aromatic carbocycles. The van der Waals surface area contributed by atoms with Crippen molar-refractivity contribution < 1.29 is 9.59 Å². The quantitative estimate of drug-likeness (QED) is 0.492. The number of hydrogen-bond donors (Lipinski definition) is 1. The fourth-order valence-electron chi connectivity index (χ4n) is 4.33. The van der Waals surface area contributed by atoms with E-state index in [9.17, 15) is 9.59 Å². The van der Waals surface area contributed by atoms with Crippen LogP contribution < -0.4 is 0 Å². The minimum Gasteiger partial charge on any atom is -0.342 e. The second kappa shape index (κ2) is 8.19. The van der Waals surface area contributed by atoms with E-state index in [-0.39, 0.29) is 17.6 Å². The minimum absolute atomic E-state index is 0.0966. The molecule has 0 radical (unpaired) electrons. The summed E-state index contributed by atoms with van der Waals surface area (Å²) in [6.45, 7) is 1.27. The van der Waals surface area contributed by atoms with Gasteiger partial charge < -0.3 is 9.88 Å². The Morgan fingerprint density at radius 1 is 0.871 bits per heavy atom. The van der Waals surface area contributed by atoms with Crippen molar-refractivity contribution in [3.8, 4) is 0 Å². The predicted octanol–water partition coefficient (Wildman–Crippen LogP) is 4.81. The number of hydrogen-bond acceptors (Lipinski definition) is 3. The molecule has 1 aliphatic heterocycles. The first-order chi connectivity index (χ1) is 15.2. The number of H-pyrrole nitrogens is 1. The van der Waals surface area contributed by atoms with Crippen LogP contribution in [0.3, 0.4) is 0 Å². The highest BCUT2D eigenvalue weighted by molar-refractivity contribution is 6.15. The zero-order valence-corrected chi connectivity index (χ0v) is 17.1. The second-order valence-corrected chi connectivity index (χ2v) is 7.97. The molecule has 154 valence electrons. The molecule has 0 saturated carbocycles. The average molecular weight is 409 g/mol. The molecule has 2 heterocycles. The first-order valence-electron chi connectivity index (χ1n) is 10.6. The SMILES string of the molecule is O=C(c1ccccc1)c1ccccc1C(=O)N1CCCC(c2nc3ccccc3[nH]2)C1. The van der Waals surface area contributed by atoms with E-state index in [4.69, 9.17) is 4.98 Å². The van der Waals surface area contributed by atoms with Crippen LogP contribution in [-0.2, 0) is 0 Å². The van der Waals surface area contributed by atoms with Crippen molar-refractivity contribution in [1.82, 2.24) is 14.9 Å². The summed E-state index contributed by atoms with van der Waals surface area (Å²) in [5.74, 6) is 0.852. The number of fused-ring (bicyclic) bond motifs is 1. The number of likely N-dealkylation sites (tertiary alicyclic amines) is 1. The van der Waals surface area contributed by atoms with E-state index in [0.717, 1.165) is 29.7 Å². The Labute approximate surface area is 180 Å². The molecule has 0 spiro atoms. The Morgan fingerprint density at radius 3 is 2.39 bits per heavy atom. The first kappa shape index (κ1) is 19.2. The summed E-state index contributed by atoms with van der Waals surface area (Å²) in [5, 5.41) is 0. The smallest absolute Gasteiger partial charge is 0.254 e. The van der Waals surface area contributed by atoms with Crippen LogP contribution in [0.2, 0.25) is 0 Å². The molecule has 1 saturated heterocycles. The number of piperidine rings is 1.